The maximum Gasteiger partial charge on any atom is 0.307 e. The van der Waals surface area contributed by atoms with Gasteiger partial charge in [0.15, 0.2) is 0 Å². The van der Waals surface area contributed by atoms with Crippen LogP contribution in [0, 0.1) is 0 Å². The van der Waals surface area contributed by atoms with E-state index < -0.39 is 27.3 Å². The lowest BCUT2D eigenvalue weighted by atomic mass is 10.1. The highest BCUT2D eigenvalue weighted by atomic mass is 32.3. The number of carboxylic acids is 1. The van der Waals surface area contributed by atoms with Crippen molar-refractivity contribution >= 4 is 27.8 Å². The maximum absolute atomic E-state index is 13.0. The van der Waals surface area contributed by atoms with Gasteiger partial charge in [0.1, 0.15) is 5.25 Å². The minimum absolute atomic E-state index is 0.0857. The van der Waals surface area contributed by atoms with E-state index in [1.165, 1.54) is 4.90 Å². The van der Waals surface area contributed by atoms with Crippen LogP contribution < -0.4 is 4.90 Å². The molecule has 0 aliphatic carbocycles. The number of rotatable bonds is 6. The van der Waals surface area contributed by atoms with Crippen molar-refractivity contribution in [2.45, 2.75) is 30.9 Å². The number of halogens is 1. The van der Waals surface area contributed by atoms with E-state index in [0.717, 1.165) is 5.56 Å². The van der Waals surface area contributed by atoms with Crippen molar-refractivity contribution in [3.63, 3.8) is 0 Å². The number of aliphatic carboxylic acids is 1. The lowest BCUT2D eigenvalue weighted by Crippen LogP contribution is -2.26. The van der Waals surface area contributed by atoms with Gasteiger partial charge in [-0.1, -0.05) is 12.1 Å². The molecule has 1 saturated heterocycles. The zero-order chi connectivity index (χ0) is 16.3. The molecule has 1 aliphatic heterocycles. The largest absolute Gasteiger partial charge is 0.481 e. The third-order valence-corrected chi connectivity index (χ3v) is 4.70. The molecule has 1 N–H and O–H groups in total. The molecule has 6 nitrogen and oxygen atoms in total. The van der Waals surface area contributed by atoms with E-state index >= 15 is 0 Å². The molecule has 1 amide bonds. The fraction of sp³-hybridized carbons (Fsp3) is 0.429. The Balaban J connectivity index is 2.01. The van der Waals surface area contributed by atoms with Gasteiger partial charge in [-0.2, -0.15) is 8.42 Å². The normalized spacial score (nSPS) is 18.7. The van der Waals surface area contributed by atoms with E-state index in [9.17, 15) is 21.9 Å². The Morgan fingerprint density at radius 3 is 2.45 bits per heavy atom. The average Bonchev–Trinajstić information content (AvgIpc) is 2.81. The topological polar surface area (TPSA) is 91.8 Å². The predicted octanol–water partition coefficient (Wildman–Crippen LogP) is 1.50. The second-order valence-electron chi connectivity index (χ2n) is 5.22. The molecule has 1 fully saturated rings. The number of carboxylic acid groups (broad SMARTS) is 1. The Kier molecular flexibility index (Phi) is 4.80. The molecule has 1 aromatic rings. The molecule has 0 radical (unpaired) electrons. The minimum atomic E-state index is -4.72. The Bertz CT molecular complexity index is 671. The Morgan fingerprint density at radius 2 is 1.95 bits per heavy atom. The van der Waals surface area contributed by atoms with Crippen LogP contribution in [0.1, 0.15) is 24.8 Å². The third-order valence-electron chi connectivity index (χ3n) is 3.59. The number of amides is 1. The number of carbonyl (C=O) groups is 2. The number of aryl methyl sites for hydroxylation is 1. The molecule has 1 aromatic carbocycles. The molecule has 1 aliphatic rings. The number of carbonyl (C=O) groups excluding carboxylic acids is 1. The van der Waals surface area contributed by atoms with Gasteiger partial charge < -0.3 is 10.0 Å². The summed E-state index contributed by atoms with van der Waals surface area (Å²) in [4.78, 5) is 23.5. The summed E-state index contributed by atoms with van der Waals surface area (Å²) >= 11 is 0. The van der Waals surface area contributed by atoms with Crippen LogP contribution in [0.4, 0.5) is 9.57 Å². The highest BCUT2D eigenvalue weighted by Crippen LogP contribution is 2.26. The van der Waals surface area contributed by atoms with Crippen LogP contribution in [0.25, 0.3) is 0 Å². The standard InChI is InChI=1S/C14H16FNO5S/c15-22(20,21)12-8-13(17)16(9-12)11-6-4-10(5-7-11)2-1-3-14(18)19/h4-7,12H,1-3,8-9H2,(H,18,19). The zero-order valence-electron chi connectivity index (χ0n) is 11.7. The summed E-state index contributed by atoms with van der Waals surface area (Å²) in [6.07, 6.45) is 0.850. The summed E-state index contributed by atoms with van der Waals surface area (Å²) in [5.74, 6) is -1.28. The predicted molar refractivity (Wildman–Crippen MR) is 77.8 cm³/mol. The van der Waals surface area contributed by atoms with Gasteiger partial charge in [-0.15, -0.1) is 3.89 Å². The van der Waals surface area contributed by atoms with Gasteiger partial charge in [-0.05, 0) is 30.5 Å². The molecule has 8 heteroatoms. The number of nitrogens with zero attached hydrogens (tertiary/aromatic N) is 1. The van der Waals surface area contributed by atoms with Crippen LogP contribution in [0.2, 0.25) is 0 Å². The number of anilines is 1. The minimum Gasteiger partial charge on any atom is -0.481 e. The van der Waals surface area contributed by atoms with E-state index in [1.54, 1.807) is 24.3 Å². The molecular formula is C14H16FNO5S. The van der Waals surface area contributed by atoms with Gasteiger partial charge >= 0.3 is 16.2 Å². The second-order valence-corrected chi connectivity index (χ2v) is 6.84. The SMILES string of the molecule is O=C(O)CCCc1ccc(N2CC(S(=O)(=O)F)CC2=O)cc1. The monoisotopic (exact) mass is 329 g/mol. The first-order valence-electron chi connectivity index (χ1n) is 6.82. The zero-order valence-corrected chi connectivity index (χ0v) is 12.6. The summed E-state index contributed by atoms with van der Waals surface area (Å²) in [7, 11) is -4.72. The molecule has 120 valence electrons. The number of hydrogen-bond acceptors (Lipinski definition) is 4. The van der Waals surface area contributed by atoms with Gasteiger partial charge in [0.2, 0.25) is 5.91 Å². The Labute approximate surface area is 127 Å². The van der Waals surface area contributed by atoms with Crippen LogP contribution in [0.15, 0.2) is 24.3 Å². The smallest absolute Gasteiger partial charge is 0.307 e. The van der Waals surface area contributed by atoms with Crippen molar-refractivity contribution in [1.82, 2.24) is 0 Å². The summed E-state index contributed by atoms with van der Waals surface area (Å²) in [6, 6.07) is 6.81. The van der Waals surface area contributed by atoms with E-state index in [2.05, 4.69) is 0 Å². The van der Waals surface area contributed by atoms with Crippen molar-refractivity contribution < 1.29 is 27.0 Å². The first kappa shape index (κ1) is 16.4. The van der Waals surface area contributed by atoms with Crippen LogP contribution in [-0.4, -0.2) is 37.2 Å². The van der Waals surface area contributed by atoms with Crippen LogP contribution >= 0.6 is 0 Å². The molecule has 1 atom stereocenters. The first-order valence-corrected chi connectivity index (χ1v) is 8.26. The summed E-state index contributed by atoms with van der Waals surface area (Å²) < 4.78 is 34.8. The second kappa shape index (κ2) is 6.43. The fourth-order valence-corrected chi connectivity index (χ4v) is 3.07. The molecule has 0 bridgehead atoms. The highest BCUT2D eigenvalue weighted by molar-refractivity contribution is 7.87. The van der Waals surface area contributed by atoms with Crippen LogP contribution in [0.5, 0.6) is 0 Å². The van der Waals surface area contributed by atoms with E-state index in [0.29, 0.717) is 18.5 Å². The molecule has 2 rings (SSSR count). The van der Waals surface area contributed by atoms with Gasteiger partial charge in [0.05, 0.1) is 0 Å². The van der Waals surface area contributed by atoms with E-state index in [1.807, 2.05) is 0 Å². The number of benzene rings is 1. The average molecular weight is 329 g/mol. The van der Waals surface area contributed by atoms with Gasteiger partial charge in [0.25, 0.3) is 0 Å². The van der Waals surface area contributed by atoms with Crippen molar-refractivity contribution in [2.75, 3.05) is 11.4 Å². The highest BCUT2D eigenvalue weighted by Gasteiger charge is 2.38. The van der Waals surface area contributed by atoms with Crippen LogP contribution in [0.3, 0.4) is 0 Å². The molecule has 1 heterocycles. The van der Waals surface area contributed by atoms with E-state index in [4.69, 9.17) is 5.11 Å². The van der Waals surface area contributed by atoms with Crippen molar-refractivity contribution in [3.05, 3.63) is 29.8 Å². The third kappa shape index (κ3) is 4.03. The molecule has 0 spiro atoms. The molecular weight excluding hydrogens is 313 g/mol. The van der Waals surface area contributed by atoms with Crippen molar-refractivity contribution in [1.29, 1.82) is 0 Å². The van der Waals surface area contributed by atoms with Gasteiger partial charge in [-0.3, -0.25) is 9.59 Å². The lowest BCUT2D eigenvalue weighted by molar-refractivity contribution is -0.137. The van der Waals surface area contributed by atoms with Gasteiger partial charge in [-0.25, -0.2) is 0 Å². The fourth-order valence-electron chi connectivity index (χ4n) is 2.40. The Hall–Kier alpha value is -1.96. The molecule has 1 unspecified atom stereocenters. The van der Waals surface area contributed by atoms with E-state index in [-0.39, 0.29) is 19.4 Å². The Morgan fingerprint density at radius 1 is 1.32 bits per heavy atom. The van der Waals surface area contributed by atoms with Crippen molar-refractivity contribution in [3.8, 4) is 0 Å². The summed E-state index contributed by atoms with van der Waals surface area (Å²) in [5, 5.41) is 7.27. The molecule has 0 saturated carbocycles. The lowest BCUT2D eigenvalue weighted by Gasteiger charge is -2.16. The van der Waals surface area contributed by atoms with Crippen molar-refractivity contribution in [2.24, 2.45) is 0 Å². The first-order chi connectivity index (χ1) is 10.3. The molecule has 0 aromatic heterocycles. The molecule has 22 heavy (non-hydrogen) atoms. The van der Waals surface area contributed by atoms with Gasteiger partial charge in [0, 0.05) is 25.1 Å². The maximum atomic E-state index is 13.0. The summed E-state index contributed by atoms with van der Waals surface area (Å²) in [6.45, 7) is -0.184. The quantitative estimate of drug-likeness (QED) is 0.799. The summed E-state index contributed by atoms with van der Waals surface area (Å²) in [5.41, 5.74) is 1.43. The number of hydrogen-bond donors (Lipinski definition) is 1. The van der Waals surface area contributed by atoms with Crippen LogP contribution in [-0.2, 0) is 26.2 Å².